The predicted molar refractivity (Wildman–Crippen MR) is 42.7 cm³/mol. The highest BCUT2D eigenvalue weighted by atomic mass is 35.5. The van der Waals surface area contributed by atoms with Crippen LogP contribution in [0.25, 0.3) is 0 Å². The van der Waals surface area contributed by atoms with E-state index < -0.39 is 6.09 Å². The summed E-state index contributed by atoms with van der Waals surface area (Å²) in [6, 6.07) is 0. The molecule has 0 fully saturated rings. The number of primary amides is 1. The van der Waals surface area contributed by atoms with Gasteiger partial charge >= 0.3 is 6.09 Å². The molecule has 0 radical (unpaired) electrons. The van der Waals surface area contributed by atoms with E-state index in [1.165, 1.54) is 0 Å². The summed E-state index contributed by atoms with van der Waals surface area (Å²) in [5.74, 6) is 0. The van der Waals surface area contributed by atoms with Crippen LogP contribution in [0, 0.1) is 0 Å². The van der Waals surface area contributed by atoms with Crippen LogP contribution in [0.2, 0.25) is 5.15 Å². The number of aromatic nitrogens is 1. The summed E-state index contributed by atoms with van der Waals surface area (Å²) in [6.45, 7) is 0. The molecule has 0 unspecified atom stereocenters. The Balaban J connectivity index is 2.89. The number of thiazole rings is 1. The molecule has 1 aromatic rings. The summed E-state index contributed by atoms with van der Waals surface area (Å²) < 4.78 is 4.38. The maximum absolute atomic E-state index is 10.2. The summed E-state index contributed by atoms with van der Waals surface area (Å²) >= 11 is 6.32. The summed E-state index contributed by atoms with van der Waals surface area (Å²) in [5.41, 5.74) is 4.70. The van der Waals surface area contributed by atoms with Gasteiger partial charge < -0.3 is 10.5 Å². The Labute approximate surface area is 76.1 Å². The molecule has 1 amide bonds. The quantitative estimate of drug-likeness (QED) is 0.734. The van der Waals surface area contributed by atoms with Gasteiger partial charge in [0, 0.05) is 0 Å². The van der Waals surface area contributed by atoms with Crippen molar-refractivity contribution in [3.05, 3.63) is 10.0 Å². The maximum atomic E-state index is 10.2. The van der Waals surface area contributed by atoms with Crippen molar-refractivity contribution >= 4 is 35.3 Å². The van der Waals surface area contributed by atoms with Crippen LogP contribution in [0.1, 0.15) is 9.67 Å². The van der Waals surface area contributed by atoms with E-state index in [-0.39, 0.29) is 15.2 Å². The van der Waals surface area contributed by atoms with Crippen LogP contribution >= 0.6 is 22.9 Å². The molecule has 0 saturated heterocycles. The molecule has 5 nitrogen and oxygen atoms in total. The molecule has 0 atom stereocenters. The Morgan fingerprint density at radius 2 is 2.42 bits per heavy atom. The van der Waals surface area contributed by atoms with E-state index in [0.717, 1.165) is 11.3 Å². The number of hydrogen-bond donors (Lipinski definition) is 1. The number of rotatable bonds is 2. The average molecular weight is 207 g/mol. The lowest BCUT2D eigenvalue weighted by Crippen LogP contribution is -2.15. The topological polar surface area (TPSA) is 82.3 Å². The Bertz CT molecular complexity index is 324. The van der Waals surface area contributed by atoms with Gasteiger partial charge in [0.05, 0.1) is 0 Å². The van der Waals surface area contributed by atoms with Crippen molar-refractivity contribution in [3.8, 4) is 5.19 Å². The largest absolute Gasteiger partial charge is 0.411 e. The molecule has 0 saturated carbocycles. The van der Waals surface area contributed by atoms with Gasteiger partial charge in [0.1, 0.15) is 4.88 Å². The molecule has 0 spiro atoms. The molecule has 1 aromatic heterocycles. The van der Waals surface area contributed by atoms with Crippen LogP contribution in [-0.4, -0.2) is 17.4 Å². The minimum absolute atomic E-state index is 0.00579. The summed E-state index contributed by atoms with van der Waals surface area (Å²) in [7, 11) is 0. The molecule has 12 heavy (non-hydrogen) atoms. The van der Waals surface area contributed by atoms with Gasteiger partial charge in [-0.2, -0.15) is 4.98 Å². The Morgan fingerprint density at radius 1 is 1.75 bits per heavy atom. The highest BCUT2D eigenvalue weighted by Crippen LogP contribution is 2.26. The predicted octanol–water partition coefficient (Wildman–Crippen LogP) is 1.07. The molecular weight excluding hydrogens is 204 g/mol. The van der Waals surface area contributed by atoms with Crippen molar-refractivity contribution in [2.45, 2.75) is 0 Å². The first-order valence-electron chi connectivity index (χ1n) is 2.72. The van der Waals surface area contributed by atoms with Gasteiger partial charge in [0.15, 0.2) is 11.4 Å². The van der Waals surface area contributed by atoms with Gasteiger partial charge in [-0.25, -0.2) is 4.79 Å². The third-order valence-corrected chi connectivity index (χ3v) is 2.14. The number of aldehydes is 1. The van der Waals surface area contributed by atoms with Gasteiger partial charge in [0.2, 0.25) is 0 Å². The van der Waals surface area contributed by atoms with Crippen LogP contribution in [0.4, 0.5) is 4.79 Å². The highest BCUT2D eigenvalue weighted by molar-refractivity contribution is 7.15. The molecule has 0 aliphatic heterocycles. The molecule has 0 bridgehead atoms. The number of amides is 1. The monoisotopic (exact) mass is 206 g/mol. The third-order valence-electron chi connectivity index (χ3n) is 0.885. The van der Waals surface area contributed by atoms with E-state index in [4.69, 9.17) is 17.3 Å². The molecule has 0 aliphatic rings. The maximum Gasteiger partial charge on any atom is 0.411 e. The fraction of sp³-hybridized carbons (Fsp3) is 0. The number of carbonyl (C=O) groups is 2. The fourth-order valence-electron chi connectivity index (χ4n) is 0.497. The Kier molecular flexibility index (Phi) is 2.61. The van der Waals surface area contributed by atoms with Gasteiger partial charge in [-0.3, -0.25) is 4.79 Å². The molecule has 1 rings (SSSR count). The standard InChI is InChI=1S/C5H3ClN2O3S/c6-3-2(1-9)12-5(8-3)11-4(7)10/h1H,(H2,7,10). The molecule has 64 valence electrons. The van der Waals surface area contributed by atoms with Crippen molar-refractivity contribution in [1.82, 2.24) is 4.98 Å². The number of nitrogens with zero attached hydrogens (tertiary/aromatic N) is 1. The van der Waals surface area contributed by atoms with Crippen molar-refractivity contribution < 1.29 is 14.3 Å². The lowest BCUT2D eigenvalue weighted by atomic mass is 10.6. The van der Waals surface area contributed by atoms with E-state index in [1.54, 1.807) is 0 Å². The lowest BCUT2D eigenvalue weighted by molar-refractivity contribution is 0.112. The minimum Gasteiger partial charge on any atom is -0.381 e. The highest BCUT2D eigenvalue weighted by Gasteiger charge is 2.10. The second-order valence-corrected chi connectivity index (χ2v) is 3.02. The smallest absolute Gasteiger partial charge is 0.381 e. The summed E-state index contributed by atoms with van der Waals surface area (Å²) in [5, 5.41) is -0.0270. The number of ether oxygens (including phenoxy) is 1. The lowest BCUT2D eigenvalue weighted by Gasteiger charge is -1.90. The molecule has 0 aliphatic carbocycles. The van der Waals surface area contributed by atoms with Crippen LogP contribution in [-0.2, 0) is 0 Å². The number of carbonyl (C=O) groups excluding carboxylic acids is 2. The van der Waals surface area contributed by atoms with Crippen molar-refractivity contribution in [2.24, 2.45) is 5.73 Å². The first-order chi connectivity index (χ1) is 5.63. The normalized spacial score (nSPS) is 9.42. The van der Waals surface area contributed by atoms with E-state index in [1.807, 2.05) is 0 Å². The molecule has 2 N–H and O–H groups in total. The van der Waals surface area contributed by atoms with Gasteiger partial charge in [-0.05, 0) is 0 Å². The van der Waals surface area contributed by atoms with Gasteiger partial charge in [-0.1, -0.05) is 22.9 Å². The molecule has 7 heteroatoms. The average Bonchev–Trinajstić information content (AvgIpc) is 2.29. The molecular formula is C5H3ClN2O3S. The van der Waals surface area contributed by atoms with Crippen molar-refractivity contribution in [1.29, 1.82) is 0 Å². The second-order valence-electron chi connectivity index (χ2n) is 1.67. The zero-order chi connectivity index (χ0) is 9.14. The minimum atomic E-state index is -0.988. The van der Waals surface area contributed by atoms with E-state index in [0.29, 0.717) is 6.29 Å². The fourth-order valence-corrected chi connectivity index (χ4v) is 1.41. The number of halogens is 1. The Morgan fingerprint density at radius 3 is 2.83 bits per heavy atom. The Hall–Kier alpha value is -1.14. The van der Waals surface area contributed by atoms with E-state index >= 15 is 0 Å². The molecule has 1 heterocycles. The van der Waals surface area contributed by atoms with Crippen molar-refractivity contribution in [3.63, 3.8) is 0 Å². The van der Waals surface area contributed by atoms with Gasteiger partial charge in [0.25, 0.3) is 5.19 Å². The van der Waals surface area contributed by atoms with Crippen molar-refractivity contribution in [2.75, 3.05) is 0 Å². The number of hydrogen-bond acceptors (Lipinski definition) is 5. The third kappa shape index (κ3) is 1.93. The first kappa shape index (κ1) is 8.95. The van der Waals surface area contributed by atoms with Crippen LogP contribution in [0.3, 0.4) is 0 Å². The molecule has 0 aromatic carbocycles. The SMILES string of the molecule is NC(=O)Oc1nc(Cl)c(C=O)s1. The summed E-state index contributed by atoms with van der Waals surface area (Å²) in [4.78, 5) is 24.2. The first-order valence-corrected chi connectivity index (χ1v) is 3.91. The van der Waals surface area contributed by atoms with Gasteiger partial charge in [-0.15, -0.1) is 0 Å². The zero-order valence-electron chi connectivity index (χ0n) is 5.61. The van der Waals surface area contributed by atoms with E-state index in [9.17, 15) is 9.59 Å². The van der Waals surface area contributed by atoms with Crippen LogP contribution in [0.5, 0.6) is 5.19 Å². The second kappa shape index (κ2) is 3.51. The van der Waals surface area contributed by atoms with Crippen LogP contribution in [0.15, 0.2) is 0 Å². The zero-order valence-corrected chi connectivity index (χ0v) is 7.19. The van der Waals surface area contributed by atoms with E-state index in [2.05, 4.69) is 9.72 Å². The number of nitrogens with two attached hydrogens (primary N) is 1. The summed E-state index contributed by atoms with van der Waals surface area (Å²) in [6.07, 6.45) is -0.466. The van der Waals surface area contributed by atoms with Crippen LogP contribution < -0.4 is 10.5 Å².